The molecule has 0 bridgehead atoms. The van der Waals surface area contributed by atoms with Crippen molar-refractivity contribution in [3.63, 3.8) is 0 Å². The molecule has 0 atom stereocenters. The number of pyridine rings is 1. The number of aryl methyl sites for hydroxylation is 1. The largest absolute Gasteiger partial charge is 0.493 e. The van der Waals surface area contributed by atoms with Crippen LogP contribution in [0.4, 0.5) is 8.78 Å². The van der Waals surface area contributed by atoms with Crippen LogP contribution in [0, 0.1) is 0 Å². The second kappa shape index (κ2) is 5.83. The van der Waals surface area contributed by atoms with E-state index in [1.807, 2.05) is 0 Å². The van der Waals surface area contributed by atoms with Crippen LogP contribution in [0.3, 0.4) is 0 Å². The third kappa shape index (κ3) is 2.58. The van der Waals surface area contributed by atoms with Gasteiger partial charge in [-0.15, -0.1) is 0 Å². The van der Waals surface area contributed by atoms with E-state index in [1.165, 1.54) is 31.2 Å². The number of ether oxygens (including phenoxy) is 2. The Kier molecular flexibility index (Phi) is 3.85. The first-order valence-electron chi connectivity index (χ1n) is 6.88. The van der Waals surface area contributed by atoms with Crippen LogP contribution in [0.1, 0.15) is 12.0 Å². The van der Waals surface area contributed by atoms with Crippen molar-refractivity contribution >= 4 is 11.0 Å². The van der Waals surface area contributed by atoms with Crippen LogP contribution in [-0.2, 0) is 7.05 Å². The van der Waals surface area contributed by atoms with Crippen LogP contribution in [0.5, 0.6) is 11.5 Å². The highest BCUT2D eigenvalue weighted by molar-refractivity contribution is 5.82. The fraction of sp³-hybridized carbons (Fsp3) is 0.250. The number of hydrogen-bond donors (Lipinski definition) is 0. The molecule has 0 fully saturated rings. The topological polar surface area (TPSA) is 49.2 Å². The van der Waals surface area contributed by atoms with Crippen LogP contribution in [0.2, 0.25) is 0 Å². The molecule has 0 amide bonds. The van der Waals surface area contributed by atoms with Gasteiger partial charge in [-0.05, 0) is 24.3 Å². The molecule has 3 aromatic rings. The van der Waals surface area contributed by atoms with E-state index < -0.39 is 6.43 Å². The number of nitrogens with zero attached hydrogens (tertiary/aromatic N) is 3. The van der Waals surface area contributed by atoms with E-state index in [2.05, 4.69) is 10.1 Å². The smallest absolute Gasteiger partial charge is 0.264 e. The molecule has 0 N–H and O–H groups in total. The van der Waals surface area contributed by atoms with Crippen molar-refractivity contribution < 1.29 is 18.3 Å². The summed E-state index contributed by atoms with van der Waals surface area (Å²) in [6.45, 7) is 0. The molecule has 0 radical (unpaired) electrons. The van der Waals surface area contributed by atoms with Crippen LogP contribution in [0.15, 0.2) is 30.5 Å². The van der Waals surface area contributed by atoms with E-state index in [9.17, 15) is 8.78 Å². The van der Waals surface area contributed by atoms with Crippen molar-refractivity contribution in [3.05, 3.63) is 36.0 Å². The molecular weight excluding hydrogens is 304 g/mol. The SMILES string of the molecule is COc1ccc(-c2cc(C(F)F)c3cnn(C)c3n2)cc1OC. The standard InChI is InChI=1S/C16H15F2N3O2/c1-21-16-11(8-19-21)10(15(17)18)7-12(20-16)9-4-5-13(22-2)14(6-9)23-3/h4-8,15H,1-3H3. The van der Waals surface area contributed by atoms with E-state index in [1.54, 1.807) is 25.2 Å². The highest BCUT2D eigenvalue weighted by atomic mass is 19.3. The molecule has 23 heavy (non-hydrogen) atoms. The van der Waals surface area contributed by atoms with Crippen molar-refractivity contribution in [2.45, 2.75) is 6.43 Å². The summed E-state index contributed by atoms with van der Waals surface area (Å²) >= 11 is 0. The fourth-order valence-electron chi connectivity index (χ4n) is 2.46. The number of alkyl halides is 2. The second-order valence-corrected chi connectivity index (χ2v) is 4.97. The Morgan fingerprint density at radius 1 is 1.09 bits per heavy atom. The zero-order chi connectivity index (χ0) is 16.6. The van der Waals surface area contributed by atoms with E-state index in [4.69, 9.17) is 9.47 Å². The number of hydrogen-bond acceptors (Lipinski definition) is 4. The van der Waals surface area contributed by atoms with Crippen molar-refractivity contribution in [3.8, 4) is 22.8 Å². The lowest BCUT2D eigenvalue weighted by Gasteiger charge is -2.11. The van der Waals surface area contributed by atoms with Gasteiger partial charge in [0, 0.05) is 23.6 Å². The second-order valence-electron chi connectivity index (χ2n) is 4.97. The van der Waals surface area contributed by atoms with Gasteiger partial charge in [-0.1, -0.05) is 0 Å². The van der Waals surface area contributed by atoms with Crippen molar-refractivity contribution in [1.29, 1.82) is 0 Å². The van der Waals surface area contributed by atoms with Gasteiger partial charge in [0.1, 0.15) is 0 Å². The molecule has 0 spiro atoms. The summed E-state index contributed by atoms with van der Waals surface area (Å²) in [7, 11) is 4.72. The molecule has 1 aromatic carbocycles. The van der Waals surface area contributed by atoms with Gasteiger partial charge in [0.2, 0.25) is 0 Å². The Morgan fingerprint density at radius 2 is 1.83 bits per heavy atom. The molecule has 0 unspecified atom stereocenters. The number of benzene rings is 1. The molecule has 2 heterocycles. The quantitative estimate of drug-likeness (QED) is 0.737. The molecule has 0 saturated heterocycles. The summed E-state index contributed by atoms with van der Waals surface area (Å²) in [5, 5.41) is 4.36. The lowest BCUT2D eigenvalue weighted by Crippen LogP contribution is -1.97. The maximum atomic E-state index is 13.4. The number of rotatable bonds is 4. The highest BCUT2D eigenvalue weighted by Gasteiger charge is 2.18. The summed E-state index contributed by atoms with van der Waals surface area (Å²) in [4.78, 5) is 4.45. The number of aromatic nitrogens is 3. The van der Waals surface area contributed by atoms with Gasteiger partial charge in [-0.2, -0.15) is 5.10 Å². The Hall–Kier alpha value is -2.70. The van der Waals surface area contributed by atoms with Gasteiger partial charge in [0.25, 0.3) is 6.43 Å². The summed E-state index contributed by atoms with van der Waals surface area (Å²) in [6.07, 6.45) is -1.20. The zero-order valence-electron chi connectivity index (χ0n) is 12.9. The van der Waals surface area contributed by atoms with Gasteiger partial charge in [0.15, 0.2) is 17.1 Å². The van der Waals surface area contributed by atoms with Gasteiger partial charge in [-0.3, -0.25) is 4.68 Å². The Balaban J connectivity index is 2.22. The van der Waals surface area contributed by atoms with E-state index in [0.29, 0.717) is 33.8 Å². The molecule has 0 aliphatic heterocycles. The molecule has 0 aliphatic rings. The maximum Gasteiger partial charge on any atom is 0.264 e. The van der Waals surface area contributed by atoms with Crippen molar-refractivity contribution in [2.75, 3.05) is 14.2 Å². The molecule has 2 aromatic heterocycles. The normalized spacial score (nSPS) is 11.2. The van der Waals surface area contributed by atoms with Crippen LogP contribution in [0.25, 0.3) is 22.3 Å². The zero-order valence-corrected chi connectivity index (χ0v) is 12.9. The lowest BCUT2D eigenvalue weighted by molar-refractivity contribution is 0.153. The van der Waals surface area contributed by atoms with Gasteiger partial charge >= 0.3 is 0 Å². The van der Waals surface area contributed by atoms with Gasteiger partial charge in [0.05, 0.1) is 26.1 Å². The summed E-state index contributed by atoms with van der Waals surface area (Å²) < 4.78 is 38.6. The van der Waals surface area contributed by atoms with Gasteiger partial charge < -0.3 is 9.47 Å². The molecular formula is C16H15F2N3O2. The maximum absolute atomic E-state index is 13.4. The lowest BCUT2D eigenvalue weighted by atomic mass is 10.1. The minimum Gasteiger partial charge on any atom is -0.493 e. The van der Waals surface area contributed by atoms with Crippen molar-refractivity contribution in [2.24, 2.45) is 7.05 Å². The third-order valence-corrected chi connectivity index (χ3v) is 3.65. The average Bonchev–Trinajstić information content (AvgIpc) is 2.94. The predicted octanol–water partition coefficient (Wildman–Crippen LogP) is 3.59. The number of methoxy groups -OCH3 is 2. The van der Waals surface area contributed by atoms with Crippen LogP contribution >= 0.6 is 0 Å². The Morgan fingerprint density at radius 3 is 2.48 bits per heavy atom. The van der Waals surface area contributed by atoms with Crippen molar-refractivity contribution in [1.82, 2.24) is 14.8 Å². The van der Waals surface area contributed by atoms with Crippen LogP contribution < -0.4 is 9.47 Å². The third-order valence-electron chi connectivity index (χ3n) is 3.65. The predicted molar refractivity (Wildman–Crippen MR) is 82.0 cm³/mol. The molecule has 120 valence electrons. The van der Waals surface area contributed by atoms with E-state index >= 15 is 0 Å². The number of halogens is 2. The molecule has 5 nitrogen and oxygen atoms in total. The number of fused-ring (bicyclic) bond motifs is 1. The summed E-state index contributed by atoms with van der Waals surface area (Å²) in [5.41, 5.74) is 1.41. The first kappa shape index (κ1) is 15.2. The van der Waals surface area contributed by atoms with Gasteiger partial charge in [-0.25, -0.2) is 13.8 Å². The van der Waals surface area contributed by atoms with E-state index in [0.717, 1.165) is 0 Å². The van der Waals surface area contributed by atoms with Crippen LogP contribution in [-0.4, -0.2) is 29.0 Å². The fourth-order valence-corrected chi connectivity index (χ4v) is 2.46. The minimum absolute atomic E-state index is 0.0899. The summed E-state index contributed by atoms with van der Waals surface area (Å²) in [6, 6.07) is 6.56. The molecule has 7 heteroatoms. The monoisotopic (exact) mass is 319 g/mol. The Labute approximate surface area is 131 Å². The summed E-state index contributed by atoms with van der Waals surface area (Å²) in [5.74, 6) is 1.07. The highest BCUT2D eigenvalue weighted by Crippen LogP contribution is 2.35. The molecule has 3 rings (SSSR count). The molecule has 0 saturated carbocycles. The Bertz CT molecular complexity index is 862. The minimum atomic E-state index is -2.61. The average molecular weight is 319 g/mol. The first-order valence-corrected chi connectivity index (χ1v) is 6.88. The van der Waals surface area contributed by atoms with E-state index in [-0.39, 0.29) is 5.56 Å². The first-order chi connectivity index (χ1) is 11.0. The molecule has 0 aliphatic carbocycles.